The molecule has 1 aliphatic carbocycles. The molecule has 0 unspecified atom stereocenters. The molecule has 0 atom stereocenters. The molecular weight excluding hydrogens is 240 g/mol. The summed E-state index contributed by atoms with van der Waals surface area (Å²) in [6.07, 6.45) is 2.48. The average molecular weight is 254 g/mol. The van der Waals surface area contributed by atoms with Crippen molar-refractivity contribution in [1.82, 2.24) is 10.3 Å². The number of aromatic nitrogens is 1. The predicted molar refractivity (Wildman–Crippen MR) is 62.5 cm³/mol. The molecule has 1 saturated carbocycles. The Hall–Kier alpha value is -1.43. The van der Waals surface area contributed by atoms with Crippen molar-refractivity contribution in [2.24, 2.45) is 5.41 Å². The Kier molecular flexibility index (Phi) is 3.42. The Morgan fingerprint density at radius 1 is 1.47 bits per heavy atom. The summed E-state index contributed by atoms with van der Waals surface area (Å²) in [4.78, 5) is 27.3. The largest absolute Gasteiger partial charge is 0.480 e. The van der Waals surface area contributed by atoms with Gasteiger partial charge in [0.2, 0.25) is 5.91 Å². The van der Waals surface area contributed by atoms with Crippen molar-refractivity contribution in [1.29, 1.82) is 0 Å². The lowest BCUT2D eigenvalue weighted by Gasteiger charge is -2.22. The van der Waals surface area contributed by atoms with Crippen LogP contribution in [0.2, 0.25) is 0 Å². The van der Waals surface area contributed by atoms with E-state index in [2.05, 4.69) is 10.3 Å². The summed E-state index contributed by atoms with van der Waals surface area (Å²) in [6.45, 7) is 0.303. The molecule has 0 bridgehead atoms. The molecule has 5 nitrogen and oxygen atoms in total. The summed E-state index contributed by atoms with van der Waals surface area (Å²) in [5.41, 5.74) is 1.24. The van der Waals surface area contributed by atoms with Gasteiger partial charge in [-0.15, -0.1) is 11.3 Å². The fourth-order valence-corrected chi connectivity index (χ4v) is 2.74. The molecule has 1 amide bonds. The summed E-state index contributed by atoms with van der Waals surface area (Å²) in [6, 6.07) is 0. The molecule has 0 aromatic carbocycles. The molecule has 1 aromatic heterocycles. The Balaban J connectivity index is 2.00. The van der Waals surface area contributed by atoms with Gasteiger partial charge in [0.15, 0.2) is 0 Å². The van der Waals surface area contributed by atoms with Crippen molar-refractivity contribution in [3.05, 3.63) is 16.6 Å². The highest BCUT2D eigenvalue weighted by atomic mass is 32.1. The first kappa shape index (κ1) is 12.0. The molecule has 2 rings (SSSR count). The van der Waals surface area contributed by atoms with Crippen LogP contribution in [0.1, 0.15) is 31.4 Å². The fourth-order valence-electron chi connectivity index (χ4n) is 2.18. The van der Waals surface area contributed by atoms with E-state index in [9.17, 15) is 14.7 Å². The summed E-state index contributed by atoms with van der Waals surface area (Å²) < 4.78 is 0. The van der Waals surface area contributed by atoms with E-state index in [4.69, 9.17) is 0 Å². The van der Waals surface area contributed by atoms with Gasteiger partial charge in [-0.05, 0) is 12.8 Å². The minimum Gasteiger partial charge on any atom is -0.480 e. The maximum Gasteiger partial charge on any atom is 0.319 e. The fraction of sp³-hybridized carbons (Fsp3) is 0.545. The van der Waals surface area contributed by atoms with Crippen LogP contribution in [0.5, 0.6) is 0 Å². The zero-order valence-electron chi connectivity index (χ0n) is 9.31. The third-order valence-corrected chi connectivity index (χ3v) is 3.85. The monoisotopic (exact) mass is 254 g/mol. The van der Waals surface area contributed by atoms with Crippen LogP contribution < -0.4 is 5.32 Å². The van der Waals surface area contributed by atoms with Crippen LogP contribution in [0, 0.1) is 5.41 Å². The van der Waals surface area contributed by atoms with Crippen molar-refractivity contribution >= 4 is 23.2 Å². The number of thiazole rings is 1. The third-order valence-electron chi connectivity index (χ3n) is 3.21. The van der Waals surface area contributed by atoms with E-state index in [0.717, 1.165) is 18.5 Å². The summed E-state index contributed by atoms with van der Waals surface area (Å²) in [7, 11) is 0. The van der Waals surface area contributed by atoms with Gasteiger partial charge in [0, 0.05) is 5.38 Å². The molecule has 1 aromatic rings. The minimum atomic E-state index is -1.21. The Morgan fingerprint density at radius 2 is 2.18 bits per heavy atom. The van der Waals surface area contributed by atoms with E-state index in [1.54, 1.807) is 5.51 Å². The number of hydrogen-bond acceptors (Lipinski definition) is 4. The number of carboxylic acids is 1. The summed E-state index contributed by atoms with van der Waals surface area (Å²) in [5, 5.41) is 13.7. The number of nitrogens with zero attached hydrogens (tertiary/aromatic N) is 1. The smallest absolute Gasteiger partial charge is 0.319 e. The van der Waals surface area contributed by atoms with E-state index in [1.807, 2.05) is 5.38 Å². The van der Waals surface area contributed by atoms with Gasteiger partial charge in [0.25, 0.3) is 0 Å². The molecule has 6 heteroatoms. The quantitative estimate of drug-likeness (QED) is 0.796. The molecule has 0 aliphatic heterocycles. The molecule has 0 radical (unpaired) electrons. The van der Waals surface area contributed by atoms with Crippen LogP contribution in [-0.2, 0) is 16.1 Å². The Bertz CT molecular complexity index is 410. The second-order valence-corrected chi connectivity index (χ2v) is 4.98. The van der Waals surface area contributed by atoms with Crippen LogP contribution in [0.15, 0.2) is 10.9 Å². The Morgan fingerprint density at radius 3 is 2.71 bits per heavy atom. The number of carbonyl (C=O) groups excluding carboxylic acids is 1. The van der Waals surface area contributed by atoms with Crippen molar-refractivity contribution in [2.75, 3.05) is 0 Å². The molecule has 0 spiro atoms. The van der Waals surface area contributed by atoms with Gasteiger partial charge >= 0.3 is 5.97 Å². The van der Waals surface area contributed by atoms with Gasteiger partial charge in [0.05, 0.1) is 17.7 Å². The summed E-state index contributed by atoms with van der Waals surface area (Å²) in [5.74, 6) is -1.39. The first-order chi connectivity index (χ1) is 8.15. The second kappa shape index (κ2) is 4.83. The van der Waals surface area contributed by atoms with Crippen LogP contribution in [0.3, 0.4) is 0 Å². The zero-order valence-corrected chi connectivity index (χ0v) is 10.1. The van der Waals surface area contributed by atoms with Gasteiger partial charge in [-0.25, -0.2) is 4.98 Å². The molecule has 1 aliphatic rings. The number of carboxylic acid groups (broad SMARTS) is 1. The average Bonchev–Trinajstić information content (AvgIpc) is 2.97. The van der Waals surface area contributed by atoms with Crippen molar-refractivity contribution < 1.29 is 14.7 Å². The first-order valence-electron chi connectivity index (χ1n) is 5.54. The SMILES string of the molecule is O=C(O)C1(C(=O)NCc2cscn2)CCCC1. The lowest BCUT2D eigenvalue weighted by molar-refractivity contribution is -0.155. The lowest BCUT2D eigenvalue weighted by atomic mass is 9.85. The Labute approximate surface area is 103 Å². The van der Waals surface area contributed by atoms with Crippen LogP contribution in [-0.4, -0.2) is 22.0 Å². The van der Waals surface area contributed by atoms with E-state index >= 15 is 0 Å². The highest BCUT2D eigenvalue weighted by Gasteiger charge is 2.48. The minimum absolute atomic E-state index is 0.303. The highest BCUT2D eigenvalue weighted by Crippen LogP contribution is 2.38. The molecular formula is C11H14N2O3S. The molecule has 1 heterocycles. The van der Waals surface area contributed by atoms with Crippen LogP contribution in [0.25, 0.3) is 0 Å². The zero-order chi connectivity index (χ0) is 12.3. The van der Waals surface area contributed by atoms with Crippen molar-refractivity contribution in [3.63, 3.8) is 0 Å². The number of aliphatic carboxylic acids is 1. The highest BCUT2D eigenvalue weighted by molar-refractivity contribution is 7.07. The van der Waals surface area contributed by atoms with Crippen LogP contribution >= 0.6 is 11.3 Å². The normalized spacial score (nSPS) is 17.9. The number of rotatable bonds is 4. The van der Waals surface area contributed by atoms with E-state index in [0.29, 0.717) is 19.4 Å². The predicted octanol–water partition coefficient (Wildman–Crippen LogP) is 1.40. The van der Waals surface area contributed by atoms with Crippen LogP contribution in [0.4, 0.5) is 0 Å². The second-order valence-electron chi connectivity index (χ2n) is 4.26. The number of carbonyl (C=O) groups is 2. The molecule has 2 N–H and O–H groups in total. The molecule has 1 fully saturated rings. The topological polar surface area (TPSA) is 79.3 Å². The maximum absolute atomic E-state index is 12.0. The lowest BCUT2D eigenvalue weighted by Crippen LogP contribution is -2.44. The van der Waals surface area contributed by atoms with Crippen molar-refractivity contribution in [3.8, 4) is 0 Å². The molecule has 0 saturated heterocycles. The van der Waals surface area contributed by atoms with Gasteiger partial charge in [-0.2, -0.15) is 0 Å². The van der Waals surface area contributed by atoms with E-state index in [1.165, 1.54) is 11.3 Å². The van der Waals surface area contributed by atoms with Gasteiger partial charge < -0.3 is 10.4 Å². The van der Waals surface area contributed by atoms with E-state index < -0.39 is 11.4 Å². The standard InChI is InChI=1S/C11H14N2O3S/c14-9(12-5-8-6-17-7-13-8)11(10(15)16)3-1-2-4-11/h6-7H,1-5H2,(H,12,14)(H,15,16). The first-order valence-corrected chi connectivity index (χ1v) is 6.48. The summed E-state index contributed by atoms with van der Waals surface area (Å²) >= 11 is 1.45. The van der Waals surface area contributed by atoms with Gasteiger partial charge in [0.1, 0.15) is 5.41 Å². The van der Waals surface area contributed by atoms with Gasteiger partial charge in [-0.1, -0.05) is 12.8 Å². The van der Waals surface area contributed by atoms with Gasteiger partial charge in [-0.3, -0.25) is 9.59 Å². The molecule has 17 heavy (non-hydrogen) atoms. The number of hydrogen-bond donors (Lipinski definition) is 2. The number of amides is 1. The third kappa shape index (κ3) is 2.31. The molecule has 92 valence electrons. The van der Waals surface area contributed by atoms with E-state index in [-0.39, 0.29) is 5.91 Å². The maximum atomic E-state index is 12.0. The number of nitrogens with one attached hydrogen (secondary N) is 1. The van der Waals surface area contributed by atoms with Crippen molar-refractivity contribution in [2.45, 2.75) is 32.2 Å².